The van der Waals surface area contributed by atoms with E-state index in [2.05, 4.69) is 0 Å². The minimum absolute atomic E-state index is 0. The monoisotopic (exact) mass is 532 g/mol. The number of rotatable bonds is 10. The molecule has 0 aromatic heterocycles. The number of carboxylic acid groups (broad SMARTS) is 6. The van der Waals surface area contributed by atoms with Crippen LogP contribution >= 0.6 is 0 Å². The Bertz CT molecular complexity index is 519. The smallest absolute Gasteiger partial charge is 0.336 e. The van der Waals surface area contributed by atoms with E-state index in [1.807, 2.05) is 0 Å². The van der Waals surface area contributed by atoms with Gasteiger partial charge in [0.2, 0.25) is 0 Å². The molecule has 0 amide bonds. The van der Waals surface area contributed by atoms with Crippen molar-refractivity contribution in [3.63, 3.8) is 0 Å². The van der Waals surface area contributed by atoms with Crippen LogP contribution in [-0.2, 0) is 62.9 Å². The minimum Gasteiger partial charge on any atom is -0.481 e. The average molecular weight is 532 g/mol. The molecular formula is C12H20Fe2O16. The normalized spacial score (nSPS) is 9.40. The fraction of sp³-hybridized carbons (Fsp3) is 0.500. The van der Waals surface area contributed by atoms with Gasteiger partial charge in [0.25, 0.3) is 0 Å². The third kappa shape index (κ3) is 17.8. The first kappa shape index (κ1) is 41.9. The molecule has 0 saturated carbocycles. The minimum atomic E-state index is -2.74. The molecule has 0 rings (SSSR count). The van der Waals surface area contributed by atoms with E-state index < -0.39 is 72.7 Å². The van der Waals surface area contributed by atoms with Crippen molar-refractivity contribution >= 4 is 35.8 Å². The molecule has 180 valence electrons. The van der Waals surface area contributed by atoms with Crippen LogP contribution in [0, 0.1) is 0 Å². The van der Waals surface area contributed by atoms with Crippen molar-refractivity contribution in [2.45, 2.75) is 36.9 Å². The maximum absolute atomic E-state index is 10.3. The van der Waals surface area contributed by atoms with Gasteiger partial charge < -0.3 is 51.8 Å². The Morgan fingerprint density at radius 3 is 0.667 bits per heavy atom. The van der Waals surface area contributed by atoms with E-state index in [9.17, 15) is 28.8 Å². The third-order valence-corrected chi connectivity index (χ3v) is 2.57. The summed E-state index contributed by atoms with van der Waals surface area (Å²) >= 11 is 0. The summed E-state index contributed by atoms with van der Waals surface area (Å²) in [5.74, 6) is -10.0. The van der Waals surface area contributed by atoms with Crippen LogP contribution in [0.5, 0.6) is 0 Å². The second kappa shape index (κ2) is 17.5. The molecule has 0 atom stereocenters. The van der Waals surface area contributed by atoms with E-state index in [0.717, 1.165) is 0 Å². The van der Waals surface area contributed by atoms with Crippen molar-refractivity contribution < 1.29 is 115 Å². The molecule has 12 N–H and O–H groups in total. The van der Waals surface area contributed by atoms with Gasteiger partial charge >= 0.3 is 35.8 Å². The van der Waals surface area contributed by atoms with E-state index in [0.29, 0.717) is 0 Å². The van der Waals surface area contributed by atoms with Crippen molar-refractivity contribution in [3.8, 4) is 0 Å². The molecule has 18 heteroatoms. The number of aliphatic hydroxyl groups is 2. The maximum atomic E-state index is 10.3. The van der Waals surface area contributed by atoms with Gasteiger partial charge in [-0.15, -0.1) is 0 Å². The predicted molar refractivity (Wildman–Crippen MR) is 81.4 cm³/mol. The topological polar surface area (TPSA) is 327 Å². The maximum Gasteiger partial charge on any atom is 0.336 e. The molecular weight excluding hydrogens is 512 g/mol. The molecule has 30 heavy (non-hydrogen) atoms. The Balaban J connectivity index is -0.0000000847. The van der Waals surface area contributed by atoms with Gasteiger partial charge in [-0.25, -0.2) is 9.59 Å². The Morgan fingerprint density at radius 2 is 0.600 bits per heavy atom. The van der Waals surface area contributed by atoms with Crippen LogP contribution < -0.4 is 0 Å². The van der Waals surface area contributed by atoms with Gasteiger partial charge in [-0.2, -0.15) is 0 Å². The molecule has 0 aliphatic heterocycles. The van der Waals surface area contributed by atoms with E-state index in [1.165, 1.54) is 0 Å². The molecule has 0 aliphatic rings. The van der Waals surface area contributed by atoms with Crippen molar-refractivity contribution in [3.05, 3.63) is 0 Å². The molecule has 0 bridgehead atoms. The van der Waals surface area contributed by atoms with Crippen LogP contribution in [0.4, 0.5) is 0 Å². The average Bonchev–Trinajstić information content (AvgIpc) is 2.34. The second-order valence-corrected chi connectivity index (χ2v) is 4.96. The summed E-state index contributed by atoms with van der Waals surface area (Å²) < 4.78 is 0. The molecule has 0 aromatic rings. The number of carboxylic acids is 6. The van der Waals surface area contributed by atoms with E-state index in [4.69, 9.17) is 40.9 Å². The van der Waals surface area contributed by atoms with Crippen LogP contribution in [0.1, 0.15) is 25.7 Å². The molecule has 0 radical (unpaired) electrons. The first-order valence-corrected chi connectivity index (χ1v) is 6.34. The summed E-state index contributed by atoms with van der Waals surface area (Å²) in [7, 11) is 0. The fourth-order valence-electron chi connectivity index (χ4n) is 1.43. The van der Waals surface area contributed by atoms with Crippen LogP contribution in [-0.4, -0.2) is 98.8 Å². The van der Waals surface area contributed by atoms with Gasteiger partial charge in [-0.05, 0) is 0 Å². The summed E-state index contributed by atoms with van der Waals surface area (Å²) in [5.41, 5.74) is -5.48. The van der Waals surface area contributed by atoms with Gasteiger partial charge in [0, 0.05) is 34.1 Å². The van der Waals surface area contributed by atoms with Crippen molar-refractivity contribution in [2.75, 3.05) is 0 Å². The number of aliphatic carboxylic acids is 6. The Labute approximate surface area is 187 Å². The van der Waals surface area contributed by atoms with E-state index >= 15 is 0 Å². The van der Waals surface area contributed by atoms with Gasteiger partial charge in [0.05, 0.1) is 25.7 Å². The molecule has 0 fully saturated rings. The van der Waals surface area contributed by atoms with E-state index in [-0.39, 0.29) is 45.1 Å². The molecule has 16 nitrogen and oxygen atoms in total. The first-order valence-electron chi connectivity index (χ1n) is 6.34. The quantitative estimate of drug-likeness (QED) is 0.124. The molecule has 0 aliphatic carbocycles. The Hall–Kier alpha value is -2.30. The van der Waals surface area contributed by atoms with Gasteiger partial charge in [0.15, 0.2) is 11.2 Å². The molecule has 0 aromatic carbocycles. The van der Waals surface area contributed by atoms with Crippen molar-refractivity contribution in [1.29, 1.82) is 0 Å². The van der Waals surface area contributed by atoms with Crippen LogP contribution in [0.3, 0.4) is 0 Å². The molecule has 0 saturated heterocycles. The summed E-state index contributed by atoms with van der Waals surface area (Å²) in [5, 5.41) is 67.6. The Kier molecular flexibility index (Phi) is 24.5. The summed E-state index contributed by atoms with van der Waals surface area (Å²) in [6.07, 6.45) is -4.58. The number of carbonyl (C=O) groups is 6. The summed E-state index contributed by atoms with van der Waals surface area (Å²) in [6, 6.07) is 0. The Morgan fingerprint density at radius 1 is 0.467 bits per heavy atom. The summed E-state index contributed by atoms with van der Waals surface area (Å²) in [4.78, 5) is 61.0. The van der Waals surface area contributed by atoms with Gasteiger partial charge in [0.1, 0.15) is 0 Å². The predicted octanol–water partition coefficient (Wildman–Crippen LogP) is -4.15. The SMILES string of the molecule is O.O.O=C(O)CC(O)(CC(=O)O)C(=O)O.O=C(O)CC(O)(CC(=O)O)C(=O)O.[Fe].[Fe]. The number of hydrogen-bond acceptors (Lipinski definition) is 8. The van der Waals surface area contributed by atoms with Crippen molar-refractivity contribution in [2.24, 2.45) is 0 Å². The fourth-order valence-corrected chi connectivity index (χ4v) is 1.43. The number of hydrogen-bond donors (Lipinski definition) is 8. The van der Waals surface area contributed by atoms with Gasteiger partial charge in [-0.3, -0.25) is 19.2 Å². The largest absolute Gasteiger partial charge is 0.481 e. The zero-order valence-electron chi connectivity index (χ0n) is 14.6. The van der Waals surface area contributed by atoms with Crippen LogP contribution in [0.2, 0.25) is 0 Å². The van der Waals surface area contributed by atoms with E-state index in [1.54, 1.807) is 0 Å². The zero-order chi connectivity index (χ0) is 21.3. The zero-order valence-corrected chi connectivity index (χ0v) is 16.8. The molecule has 0 heterocycles. The second-order valence-electron chi connectivity index (χ2n) is 4.96. The van der Waals surface area contributed by atoms with Crippen molar-refractivity contribution in [1.82, 2.24) is 0 Å². The van der Waals surface area contributed by atoms with Crippen LogP contribution in [0.15, 0.2) is 0 Å². The van der Waals surface area contributed by atoms with Gasteiger partial charge in [-0.1, -0.05) is 0 Å². The van der Waals surface area contributed by atoms with Crippen LogP contribution in [0.25, 0.3) is 0 Å². The third-order valence-electron chi connectivity index (χ3n) is 2.57. The standard InChI is InChI=1S/2C6H8O7.2Fe.2H2O/c2*7-3(8)1-6(13,5(11)12)2-4(9)10;;;;/h2*13H,1-2H2,(H,7,8)(H,9,10)(H,11,12);;;2*1H2. The first-order chi connectivity index (χ1) is 11.6. The summed E-state index contributed by atoms with van der Waals surface area (Å²) in [6.45, 7) is 0. The molecule has 0 unspecified atom stereocenters. The molecule has 0 spiro atoms.